The Labute approximate surface area is 181 Å². The van der Waals surface area contributed by atoms with Gasteiger partial charge in [0.1, 0.15) is 12.4 Å². The molecule has 0 amide bonds. The fourth-order valence-electron chi connectivity index (χ4n) is 3.21. The van der Waals surface area contributed by atoms with Crippen LogP contribution in [-0.2, 0) is 13.2 Å². The number of halogens is 2. The Kier molecular flexibility index (Phi) is 7.95. The molecule has 29 heavy (non-hydrogen) atoms. The lowest BCUT2D eigenvalue weighted by Gasteiger charge is -2.19. The molecule has 0 saturated carbocycles. The highest BCUT2D eigenvalue weighted by Gasteiger charge is 2.12. The highest BCUT2D eigenvalue weighted by molar-refractivity contribution is 6.35. The standard InChI is InChI=1S/C22H26Cl2N4O/c23-20-2-1-3-21(24)19(20)14-29-22-10-15(4-5-16(22)11-25)17(12-26)13-28-18-6-8-27-9-7-18/h1-5,10,12-13,18,27H,6-9,11,14,25-26H2/b17-12+,28-13?. The second kappa shape index (κ2) is 10.6. The summed E-state index contributed by atoms with van der Waals surface area (Å²) in [6.07, 6.45) is 5.49. The molecule has 5 N–H and O–H groups in total. The Morgan fingerprint density at radius 3 is 2.55 bits per heavy atom. The molecule has 0 aliphatic carbocycles. The maximum atomic E-state index is 6.25. The predicted octanol–water partition coefficient (Wildman–Crippen LogP) is 4.15. The highest BCUT2D eigenvalue weighted by atomic mass is 35.5. The van der Waals surface area contributed by atoms with Gasteiger partial charge in [-0.3, -0.25) is 4.99 Å². The fraction of sp³-hybridized carbons (Fsp3) is 0.318. The smallest absolute Gasteiger partial charge is 0.124 e. The molecule has 1 saturated heterocycles. The zero-order chi connectivity index (χ0) is 20.6. The van der Waals surface area contributed by atoms with Crippen LogP contribution in [0, 0.1) is 0 Å². The Hall–Kier alpha value is -2.05. The van der Waals surface area contributed by atoms with Crippen LogP contribution in [0.3, 0.4) is 0 Å². The van der Waals surface area contributed by atoms with Gasteiger partial charge in [0.25, 0.3) is 0 Å². The molecule has 154 valence electrons. The van der Waals surface area contributed by atoms with E-state index < -0.39 is 0 Å². The lowest BCUT2D eigenvalue weighted by atomic mass is 10.0. The molecule has 0 spiro atoms. The highest BCUT2D eigenvalue weighted by Crippen LogP contribution is 2.29. The summed E-state index contributed by atoms with van der Waals surface area (Å²) in [5, 5.41) is 4.48. The number of nitrogens with zero attached hydrogens (tertiary/aromatic N) is 1. The van der Waals surface area contributed by atoms with E-state index in [4.69, 9.17) is 44.4 Å². The molecule has 0 aromatic heterocycles. The van der Waals surface area contributed by atoms with Crippen molar-refractivity contribution >= 4 is 35.0 Å². The maximum absolute atomic E-state index is 6.25. The van der Waals surface area contributed by atoms with E-state index in [0.29, 0.717) is 28.4 Å². The molecule has 0 radical (unpaired) electrons. The molecule has 1 aliphatic heterocycles. The number of aliphatic imine (C=N–C) groups is 1. The van der Waals surface area contributed by atoms with Crippen LogP contribution >= 0.6 is 23.2 Å². The first-order valence-corrected chi connectivity index (χ1v) is 10.4. The summed E-state index contributed by atoms with van der Waals surface area (Å²) in [5.74, 6) is 0.676. The summed E-state index contributed by atoms with van der Waals surface area (Å²) in [7, 11) is 0. The monoisotopic (exact) mass is 432 g/mol. The summed E-state index contributed by atoms with van der Waals surface area (Å²) in [6, 6.07) is 11.6. The average Bonchev–Trinajstić information content (AvgIpc) is 2.74. The van der Waals surface area contributed by atoms with Gasteiger partial charge in [0.05, 0.1) is 6.04 Å². The van der Waals surface area contributed by atoms with E-state index >= 15 is 0 Å². The van der Waals surface area contributed by atoms with Crippen molar-refractivity contribution in [3.05, 3.63) is 69.3 Å². The van der Waals surface area contributed by atoms with Crippen LogP contribution < -0.4 is 21.5 Å². The number of rotatable bonds is 7. The van der Waals surface area contributed by atoms with Gasteiger partial charge in [0, 0.05) is 45.7 Å². The fourth-order valence-corrected chi connectivity index (χ4v) is 3.72. The van der Waals surface area contributed by atoms with Gasteiger partial charge in [0.2, 0.25) is 0 Å². The number of ether oxygens (including phenoxy) is 1. The van der Waals surface area contributed by atoms with Crippen LogP contribution in [0.2, 0.25) is 10.0 Å². The zero-order valence-electron chi connectivity index (χ0n) is 16.2. The number of benzene rings is 2. The van der Waals surface area contributed by atoms with Gasteiger partial charge in [-0.1, -0.05) is 41.4 Å². The van der Waals surface area contributed by atoms with Crippen LogP contribution in [0.4, 0.5) is 0 Å². The van der Waals surface area contributed by atoms with Crippen LogP contribution in [0.1, 0.15) is 29.5 Å². The van der Waals surface area contributed by atoms with Crippen molar-refractivity contribution in [2.24, 2.45) is 16.5 Å². The van der Waals surface area contributed by atoms with Gasteiger partial charge >= 0.3 is 0 Å². The van der Waals surface area contributed by atoms with Gasteiger partial charge in [-0.25, -0.2) is 0 Å². The van der Waals surface area contributed by atoms with Crippen molar-refractivity contribution in [1.82, 2.24) is 5.32 Å². The van der Waals surface area contributed by atoms with Crippen LogP contribution in [-0.4, -0.2) is 25.3 Å². The number of nitrogens with one attached hydrogen (secondary N) is 1. The summed E-state index contributed by atoms with van der Waals surface area (Å²) < 4.78 is 6.04. The van der Waals surface area contributed by atoms with Crippen LogP contribution in [0.25, 0.3) is 5.57 Å². The SMILES string of the molecule is N/C=C(\C=NC1CCNCC1)c1ccc(CN)c(OCc2c(Cl)cccc2Cl)c1. The first kappa shape index (κ1) is 21.7. The minimum absolute atomic E-state index is 0.250. The molecular weight excluding hydrogens is 407 g/mol. The molecule has 2 aromatic rings. The number of nitrogens with two attached hydrogens (primary N) is 2. The Balaban J connectivity index is 1.79. The summed E-state index contributed by atoms with van der Waals surface area (Å²) in [4.78, 5) is 4.71. The van der Waals surface area contributed by atoms with E-state index in [0.717, 1.165) is 48.2 Å². The Morgan fingerprint density at radius 2 is 1.90 bits per heavy atom. The van der Waals surface area contributed by atoms with Gasteiger partial charge in [0.15, 0.2) is 0 Å². The largest absolute Gasteiger partial charge is 0.488 e. The van der Waals surface area contributed by atoms with Crippen molar-refractivity contribution in [2.75, 3.05) is 13.1 Å². The van der Waals surface area contributed by atoms with Gasteiger partial charge in [-0.2, -0.15) is 0 Å². The predicted molar refractivity (Wildman–Crippen MR) is 122 cm³/mol. The third kappa shape index (κ3) is 5.73. The first-order valence-electron chi connectivity index (χ1n) is 9.67. The third-order valence-corrected chi connectivity index (χ3v) is 5.67. The third-order valence-electron chi connectivity index (χ3n) is 4.97. The van der Waals surface area contributed by atoms with Crippen LogP contribution in [0.5, 0.6) is 5.75 Å². The van der Waals surface area contributed by atoms with Gasteiger partial charge < -0.3 is 21.5 Å². The normalized spacial score (nSPS) is 15.8. The van der Waals surface area contributed by atoms with E-state index in [1.165, 1.54) is 0 Å². The van der Waals surface area contributed by atoms with Crippen molar-refractivity contribution in [3.63, 3.8) is 0 Å². The van der Waals surface area contributed by atoms with E-state index in [1.807, 2.05) is 24.4 Å². The van der Waals surface area contributed by atoms with Crippen molar-refractivity contribution in [3.8, 4) is 5.75 Å². The van der Waals surface area contributed by atoms with E-state index in [9.17, 15) is 0 Å². The molecule has 3 rings (SSSR count). The van der Waals surface area contributed by atoms with Crippen molar-refractivity contribution in [2.45, 2.75) is 32.0 Å². The molecule has 5 nitrogen and oxygen atoms in total. The molecule has 1 fully saturated rings. The first-order chi connectivity index (χ1) is 14.1. The van der Waals surface area contributed by atoms with Gasteiger partial charge in [-0.15, -0.1) is 0 Å². The summed E-state index contributed by atoms with van der Waals surface area (Å²) >= 11 is 12.5. The van der Waals surface area contributed by atoms with Crippen molar-refractivity contribution < 1.29 is 4.74 Å². The molecular formula is C22H26Cl2N4O. The average molecular weight is 433 g/mol. The maximum Gasteiger partial charge on any atom is 0.124 e. The lowest BCUT2D eigenvalue weighted by Crippen LogP contribution is -2.29. The second-order valence-electron chi connectivity index (χ2n) is 6.90. The number of allylic oxidation sites excluding steroid dienone is 1. The minimum Gasteiger partial charge on any atom is -0.488 e. The molecule has 7 heteroatoms. The van der Waals surface area contributed by atoms with E-state index in [-0.39, 0.29) is 6.61 Å². The van der Waals surface area contributed by atoms with Crippen molar-refractivity contribution in [1.29, 1.82) is 0 Å². The minimum atomic E-state index is 0.250. The van der Waals surface area contributed by atoms with Crippen LogP contribution in [0.15, 0.2) is 47.6 Å². The molecule has 0 bridgehead atoms. The Bertz CT molecular complexity index is 872. The number of piperidine rings is 1. The second-order valence-corrected chi connectivity index (χ2v) is 7.71. The summed E-state index contributed by atoms with van der Waals surface area (Å²) in [6.45, 7) is 2.60. The number of hydrogen-bond acceptors (Lipinski definition) is 5. The molecule has 2 aromatic carbocycles. The lowest BCUT2D eigenvalue weighted by molar-refractivity contribution is 0.303. The topological polar surface area (TPSA) is 85.7 Å². The van der Waals surface area contributed by atoms with E-state index in [2.05, 4.69) is 5.32 Å². The Morgan fingerprint density at radius 1 is 1.17 bits per heavy atom. The van der Waals surface area contributed by atoms with E-state index in [1.54, 1.807) is 24.4 Å². The quantitative estimate of drug-likeness (QED) is 0.573. The molecule has 0 unspecified atom stereocenters. The van der Waals surface area contributed by atoms with Gasteiger partial charge in [-0.05, 0) is 49.7 Å². The molecule has 0 atom stereocenters. The molecule has 1 heterocycles. The molecule has 1 aliphatic rings. The number of hydrogen-bond donors (Lipinski definition) is 3. The zero-order valence-corrected chi connectivity index (χ0v) is 17.7. The summed E-state index contributed by atoms with van der Waals surface area (Å²) in [5.41, 5.74) is 15.2.